The fourth-order valence-electron chi connectivity index (χ4n) is 2.59. The van der Waals surface area contributed by atoms with Crippen molar-refractivity contribution < 1.29 is 9.00 Å². The number of carbonyl (C=O) groups is 1. The van der Waals surface area contributed by atoms with Gasteiger partial charge in [-0.25, -0.2) is 0 Å². The molecule has 0 radical (unpaired) electrons. The minimum Gasteiger partial charge on any atom is -0.350 e. The molecule has 0 saturated carbocycles. The molecule has 5 heteroatoms. The second-order valence-corrected chi connectivity index (χ2v) is 7.99. The Morgan fingerprint density at radius 3 is 2.36 bits per heavy atom. The van der Waals surface area contributed by atoms with Crippen LogP contribution >= 0.6 is 0 Å². The van der Waals surface area contributed by atoms with E-state index in [0.717, 1.165) is 11.1 Å². The first-order valence-electron chi connectivity index (χ1n) is 8.39. The molecule has 1 amide bonds. The lowest BCUT2D eigenvalue weighted by molar-refractivity contribution is 0.0951. The molecule has 2 aromatic rings. The van der Waals surface area contributed by atoms with Gasteiger partial charge < -0.3 is 11.1 Å². The predicted octanol–water partition coefficient (Wildman–Crippen LogP) is 3.12. The van der Waals surface area contributed by atoms with Crippen LogP contribution in [0.4, 0.5) is 0 Å². The van der Waals surface area contributed by atoms with Crippen molar-refractivity contribution in [2.24, 2.45) is 5.73 Å². The van der Waals surface area contributed by atoms with Crippen LogP contribution in [-0.2, 0) is 16.6 Å². The maximum Gasteiger partial charge on any atom is 0.251 e. The maximum absolute atomic E-state index is 12.3. The minimum absolute atomic E-state index is 0.169. The molecular weight excluding hydrogens is 332 g/mol. The van der Waals surface area contributed by atoms with E-state index in [9.17, 15) is 9.00 Å². The highest BCUT2D eigenvalue weighted by Gasteiger charge is 2.11. The van der Waals surface area contributed by atoms with Crippen molar-refractivity contribution in [1.82, 2.24) is 5.32 Å². The van der Waals surface area contributed by atoms with Crippen molar-refractivity contribution in [2.45, 2.75) is 31.6 Å². The summed E-state index contributed by atoms with van der Waals surface area (Å²) < 4.78 is 11.3. The number of carbonyl (C=O) groups excluding carboxylic acids is 1. The van der Waals surface area contributed by atoms with Crippen LogP contribution in [-0.4, -0.2) is 22.9 Å². The fraction of sp³-hybridized carbons (Fsp3) is 0.350. The van der Waals surface area contributed by atoms with Gasteiger partial charge in [0.15, 0.2) is 0 Å². The number of benzene rings is 2. The molecule has 134 valence electrons. The summed E-state index contributed by atoms with van der Waals surface area (Å²) in [5.74, 6) is 0.760. The SMILES string of the molecule is CC(C)c1ccc(C(N)CNC(=O)c2cccc(CS(C)=O)c2)cc1. The quantitative estimate of drug-likeness (QED) is 0.799. The molecule has 0 heterocycles. The molecule has 0 aliphatic rings. The highest BCUT2D eigenvalue weighted by molar-refractivity contribution is 7.83. The van der Waals surface area contributed by atoms with Crippen molar-refractivity contribution in [3.63, 3.8) is 0 Å². The molecule has 3 N–H and O–H groups in total. The van der Waals surface area contributed by atoms with Crippen LogP contribution in [0.25, 0.3) is 0 Å². The normalized spacial score (nSPS) is 13.5. The van der Waals surface area contributed by atoms with Gasteiger partial charge in [-0.15, -0.1) is 0 Å². The van der Waals surface area contributed by atoms with E-state index in [1.807, 2.05) is 24.3 Å². The molecule has 0 aromatic heterocycles. The van der Waals surface area contributed by atoms with Gasteiger partial charge in [0.25, 0.3) is 5.91 Å². The van der Waals surface area contributed by atoms with Crippen LogP contribution < -0.4 is 11.1 Å². The average molecular weight is 359 g/mol. The first-order chi connectivity index (χ1) is 11.9. The lowest BCUT2D eigenvalue weighted by Gasteiger charge is -2.15. The molecule has 25 heavy (non-hydrogen) atoms. The molecule has 0 saturated heterocycles. The van der Waals surface area contributed by atoms with Crippen LogP contribution in [0.15, 0.2) is 48.5 Å². The third-order valence-electron chi connectivity index (χ3n) is 4.07. The summed E-state index contributed by atoms with van der Waals surface area (Å²) in [7, 11) is -0.931. The standard InChI is InChI=1S/C20H26N2O2S/c1-14(2)16-7-9-17(10-8-16)19(21)12-22-20(23)18-6-4-5-15(11-18)13-25(3)24/h4-11,14,19H,12-13,21H2,1-3H3,(H,22,23). The van der Waals surface area contributed by atoms with Crippen LogP contribution in [0.5, 0.6) is 0 Å². The molecule has 2 atom stereocenters. The van der Waals surface area contributed by atoms with E-state index in [2.05, 4.69) is 31.3 Å². The predicted molar refractivity (Wildman–Crippen MR) is 104 cm³/mol. The van der Waals surface area contributed by atoms with Gasteiger partial charge in [-0.05, 0) is 34.7 Å². The zero-order chi connectivity index (χ0) is 18.4. The van der Waals surface area contributed by atoms with Gasteiger partial charge in [0.05, 0.1) is 0 Å². The van der Waals surface area contributed by atoms with Gasteiger partial charge in [-0.3, -0.25) is 9.00 Å². The molecule has 0 spiro atoms. The lowest BCUT2D eigenvalue weighted by Crippen LogP contribution is -2.32. The van der Waals surface area contributed by atoms with Crippen molar-refractivity contribution in [1.29, 1.82) is 0 Å². The Kier molecular flexibility index (Phi) is 6.91. The Balaban J connectivity index is 1.95. The average Bonchev–Trinajstić information content (AvgIpc) is 2.59. The van der Waals surface area contributed by atoms with Gasteiger partial charge in [0.2, 0.25) is 0 Å². The van der Waals surface area contributed by atoms with Gasteiger partial charge in [0, 0.05) is 41.0 Å². The van der Waals surface area contributed by atoms with E-state index < -0.39 is 10.8 Å². The number of nitrogens with two attached hydrogens (primary N) is 1. The van der Waals surface area contributed by atoms with Gasteiger partial charge in [-0.1, -0.05) is 50.2 Å². The van der Waals surface area contributed by atoms with Gasteiger partial charge in [0.1, 0.15) is 0 Å². The minimum atomic E-state index is -0.931. The summed E-state index contributed by atoms with van der Waals surface area (Å²) in [5, 5.41) is 2.88. The lowest BCUT2D eigenvalue weighted by atomic mass is 9.99. The molecular formula is C20H26N2O2S. The summed E-state index contributed by atoms with van der Waals surface area (Å²) in [6.07, 6.45) is 1.65. The maximum atomic E-state index is 12.3. The van der Waals surface area contributed by atoms with E-state index in [4.69, 9.17) is 5.73 Å². The summed E-state index contributed by atoms with van der Waals surface area (Å²) in [6.45, 7) is 4.67. The van der Waals surface area contributed by atoms with Crippen LogP contribution in [0.1, 0.15) is 52.9 Å². The Labute approximate surface area is 152 Å². The summed E-state index contributed by atoms with van der Waals surface area (Å²) in [6, 6.07) is 15.2. The van der Waals surface area contributed by atoms with Crippen molar-refractivity contribution in [3.05, 3.63) is 70.8 Å². The summed E-state index contributed by atoms with van der Waals surface area (Å²) in [5.41, 5.74) is 9.91. The third-order valence-corrected chi connectivity index (χ3v) is 4.81. The number of amides is 1. The molecule has 0 bridgehead atoms. The molecule has 2 rings (SSSR count). The van der Waals surface area contributed by atoms with E-state index in [1.54, 1.807) is 18.4 Å². The molecule has 0 aliphatic carbocycles. The zero-order valence-electron chi connectivity index (χ0n) is 15.0. The smallest absolute Gasteiger partial charge is 0.251 e. The van der Waals surface area contributed by atoms with Crippen molar-refractivity contribution in [3.8, 4) is 0 Å². The second kappa shape index (κ2) is 8.92. The van der Waals surface area contributed by atoms with Crippen molar-refractivity contribution >= 4 is 16.7 Å². The van der Waals surface area contributed by atoms with Gasteiger partial charge >= 0.3 is 0 Å². The third kappa shape index (κ3) is 5.80. The molecule has 0 fully saturated rings. The number of hydrogen-bond donors (Lipinski definition) is 2. The van der Waals surface area contributed by atoms with Crippen molar-refractivity contribution in [2.75, 3.05) is 12.8 Å². The number of nitrogens with one attached hydrogen (secondary N) is 1. The van der Waals surface area contributed by atoms with E-state index in [1.165, 1.54) is 5.56 Å². The molecule has 4 nitrogen and oxygen atoms in total. The zero-order valence-corrected chi connectivity index (χ0v) is 15.8. The Hall–Kier alpha value is -1.98. The van der Waals surface area contributed by atoms with E-state index >= 15 is 0 Å². The van der Waals surface area contributed by atoms with Gasteiger partial charge in [-0.2, -0.15) is 0 Å². The molecule has 2 unspecified atom stereocenters. The molecule has 2 aromatic carbocycles. The fourth-order valence-corrected chi connectivity index (χ4v) is 3.24. The van der Waals surface area contributed by atoms with Crippen LogP contribution in [0.3, 0.4) is 0 Å². The summed E-state index contributed by atoms with van der Waals surface area (Å²) in [4.78, 5) is 12.3. The van der Waals surface area contributed by atoms with E-state index in [0.29, 0.717) is 23.8 Å². The Bertz CT molecular complexity index is 742. The first-order valence-corrected chi connectivity index (χ1v) is 10.1. The topological polar surface area (TPSA) is 72.2 Å². The second-order valence-electron chi connectivity index (χ2n) is 6.56. The first kappa shape index (κ1) is 19.3. The highest BCUT2D eigenvalue weighted by Crippen LogP contribution is 2.17. The Morgan fingerprint density at radius 2 is 1.76 bits per heavy atom. The monoisotopic (exact) mass is 358 g/mol. The summed E-state index contributed by atoms with van der Waals surface area (Å²) >= 11 is 0. The van der Waals surface area contributed by atoms with Crippen LogP contribution in [0.2, 0.25) is 0 Å². The van der Waals surface area contributed by atoms with E-state index in [-0.39, 0.29) is 11.9 Å². The Morgan fingerprint density at radius 1 is 1.12 bits per heavy atom. The number of rotatable bonds is 7. The largest absolute Gasteiger partial charge is 0.350 e. The molecule has 0 aliphatic heterocycles. The number of hydrogen-bond acceptors (Lipinski definition) is 3. The van der Waals surface area contributed by atoms with Crippen LogP contribution in [0, 0.1) is 0 Å². The highest BCUT2D eigenvalue weighted by atomic mass is 32.2.